The summed E-state index contributed by atoms with van der Waals surface area (Å²) in [5, 5.41) is 3.31. The van der Waals surface area contributed by atoms with Crippen molar-refractivity contribution in [3.8, 4) is 0 Å². The number of ether oxygens (including phenoxy) is 1. The normalized spacial score (nSPS) is 13.7. The zero-order chi connectivity index (χ0) is 14.3. The molecule has 110 valence electrons. The topological polar surface area (TPSA) is 26.2 Å². The summed E-state index contributed by atoms with van der Waals surface area (Å²) in [6, 6.07) is 2.30. The lowest BCUT2D eigenvalue weighted by atomic mass is 10.2. The van der Waals surface area contributed by atoms with Crippen molar-refractivity contribution in [2.45, 2.75) is 39.0 Å². The molecule has 19 heavy (non-hydrogen) atoms. The SMILES string of the molecule is CCNC(C)c1ccn(CCCOCC(F)(F)F)c1. The highest BCUT2D eigenvalue weighted by molar-refractivity contribution is 5.14. The van der Waals surface area contributed by atoms with Gasteiger partial charge in [0.15, 0.2) is 0 Å². The Morgan fingerprint density at radius 2 is 2.16 bits per heavy atom. The van der Waals surface area contributed by atoms with Gasteiger partial charge in [0.2, 0.25) is 0 Å². The van der Waals surface area contributed by atoms with E-state index in [-0.39, 0.29) is 12.6 Å². The van der Waals surface area contributed by atoms with Gasteiger partial charge in [0, 0.05) is 31.6 Å². The predicted octanol–water partition coefficient (Wildman–Crippen LogP) is 3.13. The fraction of sp³-hybridized carbons (Fsp3) is 0.692. The molecule has 0 bridgehead atoms. The maximum absolute atomic E-state index is 11.8. The molecule has 3 nitrogen and oxygen atoms in total. The van der Waals surface area contributed by atoms with Crippen molar-refractivity contribution in [2.24, 2.45) is 0 Å². The van der Waals surface area contributed by atoms with Crippen molar-refractivity contribution >= 4 is 0 Å². The van der Waals surface area contributed by atoms with Crippen molar-refractivity contribution in [3.05, 3.63) is 24.0 Å². The summed E-state index contributed by atoms with van der Waals surface area (Å²) in [5.74, 6) is 0. The molecule has 0 aromatic carbocycles. The maximum Gasteiger partial charge on any atom is 0.411 e. The quantitative estimate of drug-likeness (QED) is 0.739. The number of hydrogen-bond donors (Lipinski definition) is 1. The lowest BCUT2D eigenvalue weighted by Gasteiger charge is -2.10. The number of aryl methyl sites for hydroxylation is 1. The molecule has 0 aliphatic carbocycles. The molecular formula is C13H21F3N2O. The van der Waals surface area contributed by atoms with E-state index < -0.39 is 12.8 Å². The van der Waals surface area contributed by atoms with Gasteiger partial charge in [-0.3, -0.25) is 0 Å². The van der Waals surface area contributed by atoms with Crippen LogP contribution in [0.2, 0.25) is 0 Å². The van der Waals surface area contributed by atoms with Gasteiger partial charge in [0.1, 0.15) is 6.61 Å². The number of rotatable bonds is 8. The summed E-state index contributed by atoms with van der Waals surface area (Å²) in [7, 11) is 0. The van der Waals surface area contributed by atoms with Gasteiger partial charge in [-0.2, -0.15) is 13.2 Å². The predicted molar refractivity (Wildman–Crippen MR) is 68.0 cm³/mol. The minimum atomic E-state index is -4.23. The summed E-state index contributed by atoms with van der Waals surface area (Å²) in [5.41, 5.74) is 1.18. The second kappa shape index (κ2) is 7.55. The lowest BCUT2D eigenvalue weighted by molar-refractivity contribution is -0.174. The van der Waals surface area contributed by atoms with Gasteiger partial charge in [0.05, 0.1) is 0 Å². The Morgan fingerprint density at radius 1 is 1.42 bits per heavy atom. The molecule has 0 saturated carbocycles. The van der Waals surface area contributed by atoms with E-state index in [2.05, 4.69) is 17.0 Å². The molecule has 1 aromatic heterocycles. The summed E-state index contributed by atoms with van der Waals surface area (Å²) >= 11 is 0. The van der Waals surface area contributed by atoms with Crippen LogP contribution in [-0.4, -0.2) is 30.5 Å². The van der Waals surface area contributed by atoms with Crippen LogP contribution < -0.4 is 5.32 Å². The minimum absolute atomic E-state index is 0.121. The van der Waals surface area contributed by atoms with Crippen molar-refractivity contribution < 1.29 is 17.9 Å². The Kier molecular flexibility index (Phi) is 6.37. The molecule has 1 unspecified atom stereocenters. The molecule has 1 atom stereocenters. The summed E-state index contributed by atoms with van der Waals surface area (Å²) in [4.78, 5) is 0. The monoisotopic (exact) mass is 278 g/mol. The number of hydrogen-bond acceptors (Lipinski definition) is 2. The van der Waals surface area contributed by atoms with E-state index in [9.17, 15) is 13.2 Å². The Hall–Kier alpha value is -1.01. The van der Waals surface area contributed by atoms with Crippen LogP contribution in [0.3, 0.4) is 0 Å². The zero-order valence-electron chi connectivity index (χ0n) is 11.3. The van der Waals surface area contributed by atoms with E-state index in [0.717, 1.165) is 6.54 Å². The van der Waals surface area contributed by atoms with Crippen LogP contribution in [-0.2, 0) is 11.3 Å². The molecule has 1 aromatic rings. The molecule has 0 fully saturated rings. The van der Waals surface area contributed by atoms with Crippen molar-refractivity contribution in [1.29, 1.82) is 0 Å². The van der Waals surface area contributed by atoms with Crippen LogP contribution in [0.25, 0.3) is 0 Å². The number of halogens is 3. The Labute approximate surface area is 111 Å². The summed E-state index contributed by atoms with van der Waals surface area (Å²) < 4.78 is 42.0. The smallest absolute Gasteiger partial charge is 0.372 e. The lowest BCUT2D eigenvalue weighted by Crippen LogP contribution is -2.18. The highest BCUT2D eigenvalue weighted by Crippen LogP contribution is 2.15. The number of nitrogens with zero attached hydrogens (tertiary/aromatic N) is 1. The van der Waals surface area contributed by atoms with E-state index in [1.54, 1.807) is 0 Å². The van der Waals surface area contributed by atoms with E-state index in [0.29, 0.717) is 13.0 Å². The van der Waals surface area contributed by atoms with E-state index in [1.807, 2.05) is 30.0 Å². The van der Waals surface area contributed by atoms with Gasteiger partial charge >= 0.3 is 6.18 Å². The van der Waals surface area contributed by atoms with Gasteiger partial charge < -0.3 is 14.6 Å². The third-order valence-corrected chi connectivity index (χ3v) is 2.75. The summed E-state index contributed by atoms with van der Waals surface area (Å²) in [6.07, 6.45) is 0.283. The first kappa shape index (κ1) is 16.0. The van der Waals surface area contributed by atoms with Gasteiger partial charge in [-0.25, -0.2) is 0 Å². The highest BCUT2D eigenvalue weighted by Gasteiger charge is 2.27. The fourth-order valence-corrected chi connectivity index (χ4v) is 1.82. The van der Waals surface area contributed by atoms with Gasteiger partial charge in [-0.15, -0.1) is 0 Å². The molecule has 1 N–H and O–H groups in total. The molecule has 0 amide bonds. The van der Waals surface area contributed by atoms with Crippen LogP contribution in [0.5, 0.6) is 0 Å². The zero-order valence-corrected chi connectivity index (χ0v) is 11.3. The number of aromatic nitrogens is 1. The van der Waals surface area contributed by atoms with Crippen LogP contribution >= 0.6 is 0 Å². The maximum atomic E-state index is 11.8. The first-order valence-corrected chi connectivity index (χ1v) is 6.46. The number of alkyl halides is 3. The van der Waals surface area contributed by atoms with E-state index in [1.165, 1.54) is 5.56 Å². The number of nitrogens with one attached hydrogen (secondary N) is 1. The third-order valence-electron chi connectivity index (χ3n) is 2.75. The molecule has 6 heteroatoms. The largest absolute Gasteiger partial charge is 0.411 e. The average molecular weight is 278 g/mol. The molecule has 0 saturated heterocycles. The third kappa shape index (κ3) is 6.63. The minimum Gasteiger partial charge on any atom is -0.372 e. The highest BCUT2D eigenvalue weighted by atomic mass is 19.4. The first-order valence-electron chi connectivity index (χ1n) is 6.46. The Bertz CT molecular complexity index is 363. The molecular weight excluding hydrogens is 257 g/mol. The van der Waals surface area contributed by atoms with Gasteiger partial charge in [-0.1, -0.05) is 6.92 Å². The van der Waals surface area contributed by atoms with Gasteiger partial charge in [0.25, 0.3) is 0 Å². The summed E-state index contributed by atoms with van der Waals surface area (Å²) in [6.45, 7) is 4.65. The first-order chi connectivity index (χ1) is 8.92. The second-order valence-electron chi connectivity index (χ2n) is 4.48. The average Bonchev–Trinajstić information content (AvgIpc) is 2.76. The van der Waals surface area contributed by atoms with Crippen LogP contribution in [0.4, 0.5) is 13.2 Å². The van der Waals surface area contributed by atoms with Crippen LogP contribution in [0, 0.1) is 0 Å². The molecule has 1 rings (SSSR count). The molecule has 0 radical (unpaired) electrons. The fourth-order valence-electron chi connectivity index (χ4n) is 1.82. The second-order valence-corrected chi connectivity index (χ2v) is 4.48. The Balaban J connectivity index is 2.23. The van der Waals surface area contributed by atoms with E-state index in [4.69, 9.17) is 0 Å². The van der Waals surface area contributed by atoms with Crippen molar-refractivity contribution in [2.75, 3.05) is 19.8 Å². The molecule has 0 spiro atoms. The molecule has 1 heterocycles. The van der Waals surface area contributed by atoms with Crippen LogP contribution in [0.15, 0.2) is 18.5 Å². The van der Waals surface area contributed by atoms with E-state index >= 15 is 0 Å². The van der Waals surface area contributed by atoms with Crippen molar-refractivity contribution in [1.82, 2.24) is 9.88 Å². The molecule has 0 aliphatic heterocycles. The standard InChI is InChI=1S/C13H21F3N2O/c1-3-17-11(2)12-5-7-18(9-12)6-4-8-19-10-13(14,15)16/h5,7,9,11,17H,3-4,6,8,10H2,1-2H3. The molecule has 0 aliphatic rings. The van der Waals surface area contributed by atoms with Gasteiger partial charge in [-0.05, 0) is 31.5 Å². The van der Waals surface area contributed by atoms with Crippen molar-refractivity contribution in [3.63, 3.8) is 0 Å². The Morgan fingerprint density at radius 3 is 2.79 bits per heavy atom. The van der Waals surface area contributed by atoms with Crippen LogP contribution in [0.1, 0.15) is 31.9 Å².